The van der Waals surface area contributed by atoms with Crippen LogP contribution >= 0.6 is 0 Å². The smallest absolute Gasteiger partial charge is 0.244 e. The number of para-hydroxylation sites is 1. The monoisotopic (exact) mass is 389 g/mol. The molecule has 1 N–H and O–H groups in total. The highest BCUT2D eigenvalue weighted by atomic mass is 16.5. The first-order valence-corrected chi connectivity index (χ1v) is 9.65. The molecule has 1 atom stereocenters. The molecule has 1 aromatic heterocycles. The van der Waals surface area contributed by atoms with Gasteiger partial charge in [0.1, 0.15) is 5.75 Å². The fourth-order valence-corrected chi connectivity index (χ4v) is 3.41. The largest absolute Gasteiger partial charge is 0.496 e. The lowest BCUT2D eigenvalue weighted by molar-refractivity contribution is -0.117. The zero-order valence-electron chi connectivity index (χ0n) is 17.6. The molecule has 3 aromatic rings. The number of carbonyl (C=O) groups excluding carboxylic acids is 1. The summed E-state index contributed by atoms with van der Waals surface area (Å²) in [5.74, 6) is 0.607. The van der Waals surface area contributed by atoms with Gasteiger partial charge in [-0.1, -0.05) is 35.9 Å². The summed E-state index contributed by atoms with van der Waals surface area (Å²) >= 11 is 0. The summed E-state index contributed by atoms with van der Waals surface area (Å²) in [6.45, 7) is 7.93. The first kappa shape index (κ1) is 20.4. The summed E-state index contributed by atoms with van der Waals surface area (Å²) in [5.41, 5.74) is 5.90. The first-order valence-electron chi connectivity index (χ1n) is 9.65. The topological polar surface area (TPSA) is 56.1 Å². The second-order valence-corrected chi connectivity index (χ2v) is 7.14. The Morgan fingerprint density at radius 2 is 1.86 bits per heavy atom. The molecule has 1 heterocycles. The highest BCUT2D eigenvalue weighted by Crippen LogP contribution is 2.26. The maximum absolute atomic E-state index is 12.5. The molecule has 2 aromatic carbocycles. The number of carbonyl (C=O) groups is 1. The molecule has 5 heteroatoms. The molecule has 0 aliphatic carbocycles. The molecular weight excluding hydrogens is 362 g/mol. The molecule has 5 nitrogen and oxygen atoms in total. The van der Waals surface area contributed by atoms with Gasteiger partial charge in [-0.3, -0.25) is 4.79 Å². The van der Waals surface area contributed by atoms with E-state index in [1.807, 2.05) is 87.0 Å². The highest BCUT2D eigenvalue weighted by molar-refractivity contribution is 5.92. The Hall–Kier alpha value is -3.34. The lowest BCUT2D eigenvalue weighted by atomic mass is 10.0. The third kappa shape index (κ3) is 4.57. The predicted molar refractivity (Wildman–Crippen MR) is 116 cm³/mol. The van der Waals surface area contributed by atoms with Crippen molar-refractivity contribution in [2.45, 2.75) is 33.7 Å². The van der Waals surface area contributed by atoms with Crippen molar-refractivity contribution >= 4 is 12.0 Å². The molecule has 1 amide bonds. The fourth-order valence-electron chi connectivity index (χ4n) is 3.41. The van der Waals surface area contributed by atoms with E-state index in [0.29, 0.717) is 0 Å². The molecule has 0 aliphatic heterocycles. The van der Waals surface area contributed by atoms with Crippen LogP contribution in [0.25, 0.3) is 11.8 Å². The number of aryl methyl sites for hydroxylation is 2. The number of methoxy groups -OCH3 is 1. The second-order valence-electron chi connectivity index (χ2n) is 7.14. The van der Waals surface area contributed by atoms with Crippen molar-refractivity contribution in [1.82, 2.24) is 15.1 Å². The third-order valence-corrected chi connectivity index (χ3v) is 4.96. The van der Waals surface area contributed by atoms with E-state index >= 15 is 0 Å². The number of hydrogen-bond acceptors (Lipinski definition) is 3. The standard InChI is InChI=1S/C24H27N3O2/c1-16-11-13-23(29-5)22(15-16)17(2)25-24(28)14-12-21-18(3)26-27(19(21)4)20-9-7-6-8-10-20/h6-15,17H,1-5H3,(H,25,28)/b14-12+. The number of nitrogens with one attached hydrogen (secondary N) is 1. The normalized spacial score (nSPS) is 12.2. The summed E-state index contributed by atoms with van der Waals surface area (Å²) in [6.07, 6.45) is 3.39. The molecule has 0 bridgehead atoms. The van der Waals surface area contributed by atoms with E-state index in [1.165, 1.54) is 0 Å². The molecule has 3 rings (SSSR count). The van der Waals surface area contributed by atoms with Gasteiger partial charge in [0.2, 0.25) is 5.91 Å². The van der Waals surface area contributed by atoms with Crippen LogP contribution in [-0.2, 0) is 4.79 Å². The molecular formula is C24H27N3O2. The Labute approximate surface area is 172 Å². The summed E-state index contributed by atoms with van der Waals surface area (Å²) in [7, 11) is 1.64. The van der Waals surface area contributed by atoms with E-state index in [0.717, 1.165) is 39.5 Å². The first-order chi connectivity index (χ1) is 13.9. The Morgan fingerprint density at radius 3 is 2.55 bits per heavy atom. The lowest BCUT2D eigenvalue weighted by Gasteiger charge is -2.17. The van der Waals surface area contributed by atoms with E-state index < -0.39 is 0 Å². The summed E-state index contributed by atoms with van der Waals surface area (Å²) in [6, 6.07) is 15.7. The van der Waals surface area contributed by atoms with Gasteiger partial charge in [-0.05, 0) is 52.0 Å². The van der Waals surface area contributed by atoms with Gasteiger partial charge in [-0.25, -0.2) is 4.68 Å². The third-order valence-electron chi connectivity index (χ3n) is 4.96. The minimum absolute atomic E-state index is 0.160. The number of aromatic nitrogens is 2. The number of amides is 1. The van der Waals surface area contributed by atoms with Crippen LogP contribution in [0.3, 0.4) is 0 Å². The maximum atomic E-state index is 12.5. The molecule has 0 saturated heterocycles. The molecule has 1 unspecified atom stereocenters. The van der Waals surface area contributed by atoms with Crippen molar-refractivity contribution < 1.29 is 9.53 Å². The maximum Gasteiger partial charge on any atom is 0.244 e. The van der Waals surface area contributed by atoms with Crippen molar-refractivity contribution in [3.8, 4) is 11.4 Å². The average Bonchev–Trinajstić information content (AvgIpc) is 3.00. The molecule has 29 heavy (non-hydrogen) atoms. The van der Waals surface area contributed by atoms with Crippen LogP contribution in [0.5, 0.6) is 5.75 Å². The number of hydrogen-bond donors (Lipinski definition) is 1. The van der Waals surface area contributed by atoms with Crippen molar-refractivity contribution in [2.24, 2.45) is 0 Å². The number of rotatable bonds is 6. The summed E-state index contributed by atoms with van der Waals surface area (Å²) in [4.78, 5) is 12.5. The summed E-state index contributed by atoms with van der Waals surface area (Å²) in [5, 5.41) is 7.63. The zero-order valence-corrected chi connectivity index (χ0v) is 17.6. The van der Waals surface area contributed by atoms with Crippen molar-refractivity contribution in [3.63, 3.8) is 0 Å². The van der Waals surface area contributed by atoms with Gasteiger partial charge >= 0.3 is 0 Å². The Kier molecular flexibility index (Phi) is 6.17. The Bertz CT molecular complexity index is 1040. The summed E-state index contributed by atoms with van der Waals surface area (Å²) < 4.78 is 7.32. The zero-order chi connectivity index (χ0) is 21.0. The highest BCUT2D eigenvalue weighted by Gasteiger charge is 2.14. The number of benzene rings is 2. The van der Waals surface area contributed by atoms with Crippen LogP contribution in [0.4, 0.5) is 0 Å². The van der Waals surface area contributed by atoms with E-state index in [4.69, 9.17) is 4.74 Å². The van der Waals surface area contributed by atoms with Gasteiger partial charge in [-0.15, -0.1) is 0 Å². The van der Waals surface area contributed by atoms with E-state index in [9.17, 15) is 4.79 Å². The molecule has 0 saturated carbocycles. The Balaban J connectivity index is 1.76. The van der Waals surface area contributed by atoms with Crippen molar-refractivity contribution in [2.75, 3.05) is 7.11 Å². The fraction of sp³-hybridized carbons (Fsp3) is 0.250. The molecule has 0 aliphatic rings. The van der Waals surface area contributed by atoms with Gasteiger partial charge in [0.05, 0.1) is 24.5 Å². The van der Waals surface area contributed by atoms with Crippen LogP contribution in [0.2, 0.25) is 0 Å². The Morgan fingerprint density at radius 1 is 1.14 bits per heavy atom. The quantitative estimate of drug-likeness (QED) is 0.622. The van der Waals surface area contributed by atoms with E-state index in [1.54, 1.807) is 13.2 Å². The van der Waals surface area contributed by atoms with Gasteiger partial charge < -0.3 is 10.1 Å². The van der Waals surface area contributed by atoms with Gasteiger partial charge in [0.15, 0.2) is 0 Å². The molecule has 150 valence electrons. The van der Waals surface area contributed by atoms with Gasteiger partial charge in [-0.2, -0.15) is 5.10 Å². The van der Waals surface area contributed by atoms with E-state index in [-0.39, 0.29) is 11.9 Å². The van der Waals surface area contributed by atoms with Crippen LogP contribution < -0.4 is 10.1 Å². The SMILES string of the molecule is COc1ccc(C)cc1C(C)NC(=O)/C=C/c1c(C)nn(-c2ccccc2)c1C. The number of ether oxygens (including phenoxy) is 1. The van der Waals surface area contributed by atoms with Crippen LogP contribution in [0.15, 0.2) is 54.6 Å². The number of nitrogens with zero attached hydrogens (tertiary/aromatic N) is 2. The van der Waals surface area contributed by atoms with Crippen molar-refractivity contribution in [1.29, 1.82) is 0 Å². The molecule has 0 fully saturated rings. The van der Waals surface area contributed by atoms with Gasteiger partial charge in [0.25, 0.3) is 0 Å². The minimum Gasteiger partial charge on any atom is -0.496 e. The van der Waals surface area contributed by atoms with Crippen LogP contribution in [0.1, 0.15) is 41.0 Å². The second kappa shape index (κ2) is 8.78. The predicted octanol–water partition coefficient (Wildman–Crippen LogP) is 4.70. The van der Waals surface area contributed by atoms with Crippen molar-refractivity contribution in [3.05, 3.63) is 82.7 Å². The minimum atomic E-state index is -0.170. The van der Waals surface area contributed by atoms with Crippen LogP contribution in [0, 0.1) is 20.8 Å². The average molecular weight is 389 g/mol. The van der Waals surface area contributed by atoms with E-state index in [2.05, 4.69) is 10.4 Å². The van der Waals surface area contributed by atoms with Crippen LogP contribution in [-0.4, -0.2) is 22.8 Å². The molecule has 0 radical (unpaired) electrons. The lowest BCUT2D eigenvalue weighted by Crippen LogP contribution is -2.25. The molecule has 0 spiro atoms. The van der Waals surface area contributed by atoms with Gasteiger partial charge in [0, 0.05) is 22.9 Å².